The van der Waals surface area contributed by atoms with Crippen LogP contribution in [0.1, 0.15) is 22.5 Å². The van der Waals surface area contributed by atoms with E-state index >= 15 is 0 Å². The van der Waals surface area contributed by atoms with Crippen molar-refractivity contribution in [1.82, 2.24) is 9.97 Å². The van der Waals surface area contributed by atoms with Crippen molar-refractivity contribution in [3.8, 4) is 0 Å². The largest absolute Gasteiger partial charge is 0.292 e. The summed E-state index contributed by atoms with van der Waals surface area (Å²) in [5.41, 5.74) is 1.71. The summed E-state index contributed by atoms with van der Waals surface area (Å²) in [6, 6.07) is 3.69. The third-order valence-corrected chi connectivity index (χ3v) is 2.82. The Morgan fingerprint density at radius 1 is 1.40 bits per heavy atom. The van der Waals surface area contributed by atoms with Gasteiger partial charge in [0.2, 0.25) is 0 Å². The lowest BCUT2D eigenvalue weighted by Crippen LogP contribution is -2.03. The summed E-state index contributed by atoms with van der Waals surface area (Å²) in [4.78, 5) is 19.3. The van der Waals surface area contributed by atoms with Gasteiger partial charge in [0.15, 0.2) is 5.78 Å². The van der Waals surface area contributed by atoms with Gasteiger partial charge in [0.1, 0.15) is 12.0 Å². The molecule has 2 aromatic rings. The first-order valence-corrected chi connectivity index (χ1v) is 5.61. The second-order valence-electron chi connectivity index (χ2n) is 3.15. The average molecular weight is 218 g/mol. The Balaban J connectivity index is 1.94. The number of rotatable bonds is 4. The first-order chi connectivity index (χ1) is 7.36. The highest BCUT2D eigenvalue weighted by Gasteiger charge is 2.06. The highest BCUT2D eigenvalue weighted by atomic mass is 32.1. The van der Waals surface area contributed by atoms with Crippen LogP contribution in [-0.2, 0) is 6.42 Å². The number of ketones is 1. The minimum absolute atomic E-state index is 0.0728. The van der Waals surface area contributed by atoms with Crippen molar-refractivity contribution in [2.45, 2.75) is 12.8 Å². The number of carbonyl (C=O) groups is 1. The Kier molecular flexibility index (Phi) is 3.19. The monoisotopic (exact) mass is 218 g/mol. The molecular weight excluding hydrogens is 208 g/mol. The average Bonchev–Trinajstić information content (AvgIpc) is 2.80. The summed E-state index contributed by atoms with van der Waals surface area (Å²) < 4.78 is 0. The molecule has 0 radical (unpaired) electrons. The molecule has 0 N–H and O–H groups in total. The highest BCUT2D eigenvalue weighted by Crippen LogP contribution is 2.10. The predicted molar refractivity (Wildman–Crippen MR) is 59.0 cm³/mol. The van der Waals surface area contributed by atoms with E-state index < -0.39 is 0 Å². The summed E-state index contributed by atoms with van der Waals surface area (Å²) in [6.45, 7) is 0. The van der Waals surface area contributed by atoms with Gasteiger partial charge in [-0.1, -0.05) is 0 Å². The van der Waals surface area contributed by atoms with E-state index in [0.717, 1.165) is 6.42 Å². The molecule has 0 amide bonds. The second kappa shape index (κ2) is 4.79. The molecule has 15 heavy (non-hydrogen) atoms. The first kappa shape index (κ1) is 9.98. The van der Waals surface area contributed by atoms with Gasteiger partial charge in [0, 0.05) is 12.6 Å². The third-order valence-electron chi connectivity index (χ3n) is 2.09. The maximum absolute atomic E-state index is 11.7. The summed E-state index contributed by atoms with van der Waals surface area (Å²) in [6.07, 6.45) is 4.28. The van der Waals surface area contributed by atoms with Crippen LogP contribution >= 0.6 is 11.3 Å². The maximum atomic E-state index is 11.7. The van der Waals surface area contributed by atoms with E-state index in [-0.39, 0.29) is 5.78 Å². The zero-order valence-electron chi connectivity index (χ0n) is 8.09. The fourth-order valence-electron chi connectivity index (χ4n) is 1.28. The Hall–Kier alpha value is -1.55. The van der Waals surface area contributed by atoms with Crippen LogP contribution in [0, 0.1) is 0 Å². The quantitative estimate of drug-likeness (QED) is 0.740. The van der Waals surface area contributed by atoms with Crippen molar-refractivity contribution in [2.75, 3.05) is 0 Å². The molecule has 2 rings (SSSR count). The van der Waals surface area contributed by atoms with Crippen LogP contribution < -0.4 is 0 Å². The molecular formula is C11H10N2OS. The Morgan fingerprint density at radius 3 is 3.00 bits per heavy atom. The molecule has 0 atom stereocenters. The lowest BCUT2D eigenvalue weighted by atomic mass is 10.1. The SMILES string of the molecule is O=C(CCc1ccsc1)c1ccncn1. The molecule has 0 aliphatic rings. The molecule has 76 valence electrons. The smallest absolute Gasteiger partial charge is 0.181 e. The molecule has 3 nitrogen and oxygen atoms in total. The molecule has 0 unspecified atom stereocenters. The topological polar surface area (TPSA) is 42.9 Å². The van der Waals surface area contributed by atoms with Crippen LogP contribution in [-0.4, -0.2) is 15.8 Å². The van der Waals surface area contributed by atoms with Gasteiger partial charge < -0.3 is 0 Å². The standard InChI is InChI=1S/C11H10N2OS/c14-11(10-3-5-12-8-13-10)2-1-9-4-6-15-7-9/h3-8H,1-2H2. The predicted octanol–water partition coefficient (Wildman–Crippen LogP) is 2.35. The second-order valence-corrected chi connectivity index (χ2v) is 3.93. The van der Waals surface area contributed by atoms with Crippen molar-refractivity contribution in [3.05, 3.63) is 46.7 Å². The third kappa shape index (κ3) is 2.70. The van der Waals surface area contributed by atoms with Crippen LogP contribution in [0.15, 0.2) is 35.4 Å². The van der Waals surface area contributed by atoms with Gasteiger partial charge in [-0.05, 0) is 34.9 Å². The number of aromatic nitrogens is 2. The molecule has 2 aromatic heterocycles. The maximum Gasteiger partial charge on any atom is 0.181 e. The van der Waals surface area contributed by atoms with E-state index in [1.54, 1.807) is 23.6 Å². The van der Waals surface area contributed by atoms with Gasteiger partial charge in [-0.3, -0.25) is 4.79 Å². The van der Waals surface area contributed by atoms with Gasteiger partial charge >= 0.3 is 0 Å². The van der Waals surface area contributed by atoms with Gasteiger partial charge in [0.25, 0.3) is 0 Å². The lowest BCUT2D eigenvalue weighted by molar-refractivity contribution is 0.0978. The molecule has 0 spiro atoms. The molecule has 0 aliphatic heterocycles. The first-order valence-electron chi connectivity index (χ1n) is 4.66. The minimum atomic E-state index is 0.0728. The van der Waals surface area contributed by atoms with Crippen LogP contribution in [0.25, 0.3) is 0 Å². The lowest BCUT2D eigenvalue weighted by Gasteiger charge is -1.97. The zero-order chi connectivity index (χ0) is 10.5. The zero-order valence-corrected chi connectivity index (χ0v) is 8.91. The van der Waals surface area contributed by atoms with Crippen LogP contribution in [0.4, 0.5) is 0 Å². The van der Waals surface area contributed by atoms with Crippen LogP contribution in [0.5, 0.6) is 0 Å². The molecule has 0 aliphatic carbocycles. The van der Waals surface area contributed by atoms with Gasteiger partial charge in [-0.25, -0.2) is 9.97 Å². The Bertz CT molecular complexity index is 425. The molecule has 0 saturated heterocycles. The van der Waals surface area contributed by atoms with Crippen molar-refractivity contribution in [2.24, 2.45) is 0 Å². The number of nitrogens with zero attached hydrogens (tertiary/aromatic N) is 2. The normalized spacial score (nSPS) is 10.1. The summed E-state index contributed by atoms with van der Waals surface area (Å²) in [5.74, 6) is 0.0728. The van der Waals surface area contributed by atoms with E-state index in [4.69, 9.17) is 0 Å². The van der Waals surface area contributed by atoms with Crippen molar-refractivity contribution < 1.29 is 4.79 Å². The molecule has 0 bridgehead atoms. The molecule has 0 aromatic carbocycles. The number of carbonyl (C=O) groups excluding carboxylic acids is 1. The van der Waals surface area contributed by atoms with Gasteiger partial charge in [0.05, 0.1) is 0 Å². The molecule has 2 heterocycles. The van der Waals surface area contributed by atoms with Crippen molar-refractivity contribution in [3.63, 3.8) is 0 Å². The van der Waals surface area contributed by atoms with E-state index in [1.807, 2.05) is 11.4 Å². The summed E-state index contributed by atoms with van der Waals surface area (Å²) in [7, 11) is 0. The van der Waals surface area contributed by atoms with Crippen molar-refractivity contribution >= 4 is 17.1 Å². The molecule has 0 saturated carbocycles. The Morgan fingerprint density at radius 2 is 2.33 bits per heavy atom. The van der Waals surface area contributed by atoms with Gasteiger partial charge in [-0.15, -0.1) is 0 Å². The van der Waals surface area contributed by atoms with E-state index in [1.165, 1.54) is 11.9 Å². The number of hydrogen-bond donors (Lipinski definition) is 0. The minimum Gasteiger partial charge on any atom is -0.292 e. The Labute approximate surface area is 91.8 Å². The summed E-state index contributed by atoms with van der Waals surface area (Å²) >= 11 is 1.65. The number of thiophene rings is 1. The molecule has 0 fully saturated rings. The number of aryl methyl sites for hydroxylation is 1. The van der Waals surface area contributed by atoms with E-state index in [0.29, 0.717) is 12.1 Å². The molecule has 4 heteroatoms. The van der Waals surface area contributed by atoms with Gasteiger partial charge in [-0.2, -0.15) is 11.3 Å². The summed E-state index contributed by atoms with van der Waals surface area (Å²) in [5, 5.41) is 4.08. The number of hydrogen-bond acceptors (Lipinski definition) is 4. The number of Topliss-reactive ketones (excluding diaryl/α,β-unsaturated/α-hetero) is 1. The van der Waals surface area contributed by atoms with Crippen LogP contribution in [0.2, 0.25) is 0 Å². The van der Waals surface area contributed by atoms with Crippen LogP contribution in [0.3, 0.4) is 0 Å². The highest BCUT2D eigenvalue weighted by molar-refractivity contribution is 7.07. The fraction of sp³-hybridized carbons (Fsp3) is 0.182. The van der Waals surface area contributed by atoms with E-state index in [2.05, 4.69) is 15.3 Å². The van der Waals surface area contributed by atoms with Crippen molar-refractivity contribution in [1.29, 1.82) is 0 Å². The fourth-order valence-corrected chi connectivity index (χ4v) is 1.98. The van der Waals surface area contributed by atoms with E-state index in [9.17, 15) is 4.79 Å².